The molecule has 2 heterocycles. The minimum absolute atomic E-state index is 0.0148. The number of hydrogen-bond acceptors (Lipinski definition) is 3. The van der Waals surface area contributed by atoms with Crippen molar-refractivity contribution in [2.75, 3.05) is 13.1 Å². The second-order valence-corrected chi connectivity index (χ2v) is 6.63. The van der Waals surface area contributed by atoms with E-state index in [2.05, 4.69) is 29.3 Å². The first-order chi connectivity index (χ1) is 12.1. The van der Waals surface area contributed by atoms with Gasteiger partial charge in [0.05, 0.1) is 6.20 Å². The van der Waals surface area contributed by atoms with Crippen LogP contribution in [0.25, 0.3) is 11.1 Å². The van der Waals surface area contributed by atoms with Crippen LogP contribution in [0, 0.1) is 6.92 Å². The number of aromatic amines is 1. The van der Waals surface area contributed by atoms with Gasteiger partial charge in [-0.1, -0.05) is 24.3 Å². The van der Waals surface area contributed by atoms with E-state index in [0.717, 1.165) is 24.1 Å². The molecule has 2 aromatic rings. The van der Waals surface area contributed by atoms with Crippen LogP contribution in [0.2, 0.25) is 0 Å². The highest BCUT2D eigenvalue weighted by Gasteiger charge is 2.26. The molecule has 0 aliphatic carbocycles. The van der Waals surface area contributed by atoms with E-state index in [0.29, 0.717) is 19.0 Å². The molecule has 0 bridgehead atoms. The van der Waals surface area contributed by atoms with Crippen LogP contribution in [-0.2, 0) is 9.59 Å². The summed E-state index contributed by atoms with van der Waals surface area (Å²) >= 11 is 0. The number of primary amides is 1. The molecule has 1 fully saturated rings. The number of carbonyl (C=O) groups excluding carboxylic acids is 2. The number of amides is 2. The van der Waals surface area contributed by atoms with Gasteiger partial charge < -0.3 is 10.6 Å². The Morgan fingerprint density at radius 3 is 2.60 bits per heavy atom. The molecule has 0 radical (unpaired) electrons. The monoisotopic (exact) mass is 340 g/mol. The number of benzene rings is 1. The largest absolute Gasteiger partial charge is 0.370 e. The number of aromatic nitrogens is 2. The molecule has 6 nitrogen and oxygen atoms in total. The maximum Gasteiger partial charge on any atom is 0.223 e. The third-order valence-electron chi connectivity index (χ3n) is 4.95. The second-order valence-electron chi connectivity index (χ2n) is 6.63. The van der Waals surface area contributed by atoms with Gasteiger partial charge in [-0.25, -0.2) is 0 Å². The first kappa shape index (κ1) is 17.2. The molecule has 132 valence electrons. The van der Waals surface area contributed by atoms with Gasteiger partial charge in [-0.2, -0.15) is 5.10 Å². The van der Waals surface area contributed by atoms with Crippen molar-refractivity contribution in [3.63, 3.8) is 0 Å². The summed E-state index contributed by atoms with van der Waals surface area (Å²) in [5.74, 6) is -0.0538. The van der Waals surface area contributed by atoms with E-state index >= 15 is 0 Å². The van der Waals surface area contributed by atoms with Crippen molar-refractivity contribution in [3.05, 3.63) is 41.7 Å². The van der Waals surface area contributed by atoms with Crippen LogP contribution in [0.1, 0.15) is 42.9 Å². The van der Waals surface area contributed by atoms with Gasteiger partial charge in [-0.3, -0.25) is 14.7 Å². The van der Waals surface area contributed by atoms with Gasteiger partial charge >= 0.3 is 0 Å². The van der Waals surface area contributed by atoms with E-state index in [9.17, 15) is 9.59 Å². The minimum atomic E-state index is -0.427. The average molecular weight is 340 g/mol. The summed E-state index contributed by atoms with van der Waals surface area (Å²) in [6.45, 7) is 3.51. The number of likely N-dealkylation sites (tertiary alicyclic amines) is 1. The van der Waals surface area contributed by atoms with Crippen molar-refractivity contribution < 1.29 is 9.59 Å². The van der Waals surface area contributed by atoms with E-state index < -0.39 is 5.91 Å². The third kappa shape index (κ3) is 3.90. The Kier molecular flexibility index (Phi) is 5.16. The fourth-order valence-electron chi connectivity index (χ4n) is 3.50. The molecular formula is C19H24N4O2. The van der Waals surface area contributed by atoms with Gasteiger partial charge in [0.15, 0.2) is 0 Å². The van der Waals surface area contributed by atoms with E-state index in [1.54, 1.807) is 0 Å². The molecule has 1 aliphatic rings. The topological polar surface area (TPSA) is 92.1 Å². The minimum Gasteiger partial charge on any atom is -0.370 e. The Morgan fingerprint density at radius 1 is 1.20 bits per heavy atom. The zero-order valence-corrected chi connectivity index (χ0v) is 14.5. The predicted molar refractivity (Wildman–Crippen MR) is 95.7 cm³/mol. The molecule has 25 heavy (non-hydrogen) atoms. The van der Waals surface area contributed by atoms with E-state index in [-0.39, 0.29) is 18.7 Å². The lowest BCUT2D eigenvalue weighted by molar-refractivity contribution is -0.134. The SMILES string of the molecule is Cc1ccccc1-c1cn[nH]c1C1CCN(C(=O)CCC(N)=O)CC1. The third-order valence-corrected chi connectivity index (χ3v) is 4.95. The number of aryl methyl sites for hydroxylation is 1. The Bertz CT molecular complexity index is 760. The maximum absolute atomic E-state index is 12.1. The average Bonchev–Trinajstić information content (AvgIpc) is 3.09. The zero-order valence-electron chi connectivity index (χ0n) is 14.5. The smallest absolute Gasteiger partial charge is 0.223 e. The summed E-state index contributed by atoms with van der Waals surface area (Å²) in [6.07, 6.45) is 4.00. The summed E-state index contributed by atoms with van der Waals surface area (Å²) in [7, 11) is 0. The Morgan fingerprint density at radius 2 is 1.92 bits per heavy atom. The molecule has 3 rings (SSSR count). The predicted octanol–water partition coefficient (Wildman–Crippen LogP) is 2.36. The molecule has 1 aliphatic heterocycles. The molecule has 0 spiro atoms. The Labute approximate surface area is 147 Å². The van der Waals surface area contributed by atoms with Crippen molar-refractivity contribution >= 4 is 11.8 Å². The summed E-state index contributed by atoms with van der Waals surface area (Å²) in [4.78, 5) is 24.8. The highest BCUT2D eigenvalue weighted by Crippen LogP contribution is 2.35. The van der Waals surface area contributed by atoms with Crippen molar-refractivity contribution in [3.8, 4) is 11.1 Å². The molecule has 1 aromatic heterocycles. The first-order valence-electron chi connectivity index (χ1n) is 8.71. The second kappa shape index (κ2) is 7.51. The van der Waals surface area contributed by atoms with Gasteiger partial charge in [0.2, 0.25) is 11.8 Å². The van der Waals surface area contributed by atoms with Crippen molar-refractivity contribution in [2.24, 2.45) is 5.73 Å². The van der Waals surface area contributed by atoms with Gasteiger partial charge in [-0.05, 0) is 30.9 Å². The van der Waals surface area contributed by atoms with E-state index in [1.807, 2.05) is 23.2 Å². The molecule has 6 heteroatoms. The fraction of sp³-hybridized carbons (Fsp3) is 0.421. The standard InChI is InChI=1S/C19H24N4O2/c1-13-4-2-3-5-15(13)16-12-21-22-19(16)14-8-10-23(11-9-14)18(25)7-6-17(20)24/h2-5,12,14H,6-11H2,1H3,(H2,20,24)(H,21,22). The van der Waals surface area contributed by atoms with Gasteiger partial charge in [0, 0.05) is 43.1 Å². The van der Waals surface area contributed by atoms with Crippen LogP contribution in [0.4, 0.5) is 0 Å². The number of carbonyl (C=O) groups is 2. The number of hydrogen-bond donors (Lipinski definition) is 2. The summed E-state index contributed by atoms with van der Waals surface area (Å²) in [5.41, 5.74) is 9.85. The first-order valence-corrected chi connectivity index (χ1v) is 8.71. The summed E-state index contributed by atoms with van der Waals surface area (Å²) < 4.78 is 0. The molecule has 1 saturated heterocycles. The quantitative estimate of drug-likeness (QED) is 0.875. The number of nitrogens with two attached hydrogens (primary N) is 1. The van der Waals surface area contributed by atoms with Crippen LogP contribution < -0.4 is 5.73 Å². The molecule has 1 aromatic carbocycles. The normalized spacial score (nSPS) is 15.3. The molecule has 0 atom stereocenters. The van der Waals surface area contributed by atoms with E-state index in [4.69, 9.17) is 5.73 Å². The van der Waals surface area contributed by atoms with Gasteiger partial charge in [0.25, 0.3) is 0 Å². The van der Waals surface area contributed by atoms with Crippen LogP contribution in [0.5, 0.6) is 0 Å². The summed E-state index contributed by atoms with van der Waals surface area (Å²) in [5, 5.41) is 7.43. The number of H-pyrrole nitrogens is 1. The van der Waals surface area contributed by atoms with Crippen molar-refractivity contribution in [1.82, 2.24) is 15.1 Å². The van der Waals surface area contributed by atoms with Gasteiger partial charge in [-0.15, -0.1) is 0 Å². The highest BCUT2D eigenvalue weighted by atomic mass is 16.2. The summed E-state index contributed by atoms with van der Waals surface area (Å²) in [6, 6.07) is 8.30. The number of rotatable bonds is 5. The maximum atomic E-state index is 12.1. The van der Waals surface area contributed by atoms with Crippen molar-refractivity contribution in [2.45, 2.75) is 38.5 Å². The lowest BCUT2D eigenvalue weighted by Gasteiger charge is -2.32. The molecule has 0 saturated carbocycles. The lowest BCUT2D eigenvalue weighted by Crippen LogP contribution is -2.38. The van der Waals surface area contributed by atoms with Crippen LogP contribution >= 0.6 is 0 Å². The Balaban J connectivity index is 1.67. The van der Waals surface area contributed by atoms with Crippen LogP contribution in [-0.4, -0.2) is 40.0 Å². The molecule has 0 unspecified atom stereocenters. The lowest BCUT2D eigenvalue weighted by atomic mass is 9.88. The Hall–Kier alpha value is -2.63. The molecule has 3 N–H and O–H groups in total. The number of nitrogens with zero attached hydrogens (tertiary/aromatic N) is 2. The zero-order chi connectivity index (χ0) is 17.8. The van der Waals surface area contributed by atoms with E-state index in [1.165, 1.54) is 11.1 Å². The van der Waals surface area contributed by atoms with Crippen LogP contribution in [0.15, 0.2) is 30.5 Å². The highest BCUT2D eigenvalue weighted by molar-refractivity contribution is 5.83. The van der Waals surface area contributed by atoms with Gasteiger partial charge in [0.1, 0.15) is 0 Å². The van der Waals surface area contributed by atoms with Crippen molar-refractivity contribution in [1.29, 1.82) is 0 Å². The molecular weight excluding hydrogens is 316 g/mol. The number of piperidine rings is 1. The number of nitrogens with one attached hydrogen (secondary N) is 1. The van der Waals surface area contributed by atoms with Crippen LogP contribution in [0.3, 0.4) is 0 Å². The molecule has 2 amide bonds. The fourth-order valence-corrected chi connectivity index (χ4v) is 3.50.